The third kappa shape index (κ3) is 4.65. The molecule has 0 bridgehead atoms. The fourth-order valence-electron chi connectivity index (χ4n) is 2.47. The first-order valence-corrected chi connectivity index (χ1v) is 9.33. The molecule has 0 aliphatic heterocycles. The van der Waals surface area contributed by atoms with Gasteiger partial charge in [-0.15, -0.1) is 0 Å². The van der Waals surface area contributed by atoms with E-state index in [2.05, 4.69) is 15.4 Å². The molecule has 3 aromatic rings. The Hall–Kier alpha value is -3.31. The zero-order chi connectivity index (χ0) is 19.4. The molecule has 0 radical (unpaired) electrons. The molecule has 3 N–H and O–H groups in total. The van der Waals surface area contributed by atoms with Crippen molar-refractivity contribution in [3.63, 3.8) is 0 Å². The number of hydrogen-bond donors (Lipinski definition) is 2. The molecule has 0 atom stereocenters. The second-order valence-electron chi connectivity index (χ2n) is 5.75. The van der Waals surface area contributed by atoms with Gasteiger partial charge in [0.1, 0.15) is 17.6 Å². The normalized spacial score (nSPS) is 11.3. The average molecular weight is 388 g/mol. The molecule has 27 heavy (non-hydrogen) atoms. The summed E-state index contributed by atoms with van der Waals surface area (Å²) in [6.45, 7) is 0.912. The molecule has 3 rings (SSSR count). The highest BCUT2D eigenvalue weighted by Gasteiger charge is 2.18. The Morgan fingerprint density at radius 1 is 1.15 bits per heavy atom. The van der Waals surface area contributed by atoms with Gasteiger partial charge in [0.25, 0.3) is 5.69 Å². The number of anilines is 1. The highest BCUT2D eigenvalue weighted by molar-refractivity contribution is 7.89. The molecule has 1 aromatic heterocycles. The molecular weight excluding hydrogens is 372 g/mol. The minimum Gasteiger partial charge on any atom is -0.380 e. The van der Waals surface area contributed by atoms with Crippen LogP contribution in [-0.4, -0.2) is 28.1 Å². The molecule has 0 aliphatic carbocycles. The maximum atomic E-state index is 11.7. The van der Waals surface area contributed by atoms with Gasteiger partial charge in [-0.1, -0.05) is 24.3 Å². The van der Waals surface area contributed by atoms with Crippen LogP contribution in [0, 0.1) is 10.1 Å². The number of hydrogen-bond acceptors (Lipinski definition) is 7. The van der Waals surface area contributed by atoms with E-state index in [-0.39, 0.29) is 16.3 Å². The van der Waals surface area contributed by atoms with E-state index >= 15 is 0 Å². The molecule has 0 amide bonds. The Balaban J connectivity index is 1.73. The number of nitro groups is 1. The number of rotatable bonds is 7. The molecule has 0 saturated heterocycles. The highest BCUT2D eigenvalue weighted by Crippen LogP contribution is 2.26. The lowest BCUT2D eigenvalue weighted by atomic mass is 10.1. The van der Waals surface area contributed by atoms with Crippen molar-refractivity contribution >= 4 is 21.4 Å². The van der Waals surface area contributed by atoms with Crippen LogP contribution in [0.4, 0.5) is 11.4 Å². The van der Waals surface area contributed by atoms with Crippen molar-refractivity contribution in [1.29, 1.82) is 0 Å². The predicted molar refractivity (Wildman–Crippen MR) is 97.4 cm³/mol. The Kier molecular flexibility index (Phi) is 5.14. The van der Waals surface area contributed by atoms with Crippen LogP contribution in [0.25, 0.3) is 0 Å². The van der Waals surface area contributed by atoms with Crippen molar-refractivity contribution in [2.75, 3.05) is 5.32 Å². The Bertz CT molecular complexity index is 1050. The number of sulfonamides is 1. The summed E-state index contributed by atoms with van der Waals surface area (Å²) in [4.78, 5) is 13.7. The zero-order valence-electron chi connectivity index (χ0n) is 14.0. The topological polar surface area (TPSA) is 146 Å². The van der Waals surface area contributed by atoms with Gasteiger partial charge in [0.2, 0.25) is 10.0 Å². The molecule has 11 heteroatoms. The summed E-state index contributed by atoms with van der Waals surface area (Å²) in [5.41, 5.74) is 1.79. The van der Waals surface area contributed by atoms with Crippen LogP contribution in [0.5, 0.6) is 0 Å². The van der Waals surface area contributed by atoms with Crippen LogP contribution in [0.3, 0.4) is 0 Å². The van der Waals surface area contributed by atoms with Gasteiger partial charge >= 0.3 is 0 Å². The lowest BCUT2D eigenvalue weighted by Crippen LogP contribution is -2.15. The van der Waals surface area contributed by atoms with Crippen LogP contribution in [-0.2, 0) is 23.1 Å². The number of nitrogens with zero attached hydrogens (tertiary/aromatic N) is 4. The summed E-state index contributed by atoms with van der Waals surface area (Å²) in [7, 11) is -4.11. The Labute approximate surface area is 154 Å². The van der Waals surface area contributed by atoms with E-state index in [1.54, 1.807) is 11.0 Å². The van der Waals surface area contributed by atoms with Gasteiger partial charge < -0.3 is 5.32 Å². The molecule has 2 aromatic carbocycles. The minimum absolute atomic E-state index is 0.204. The molecule has 10 nitrogen and oxygen atoms in total. The third-order valence-electron chi connectivity index (χ3n) is 3.80. The molecule has 140 valence electrons. The third-order valence-corrected chi connectivity index (χ3v) is 4.75. The number of primary sulfonamides is 1. The van der Waals surface area contributed by atoms with Gasteiger partial charge in [0.15, 0.2) is 0 Å². The van der Waals surface area contributed by atoms with Crippen LogP contribution in [0.1, 0.15) is 11.1 Å². The molecule has 1 heterocycles. The number of nitrogens with two attached hydrogens (primary N) is 1. The van der Waals surface area contributed by atoms with Crippen molar-refractivity contribution in [2.45, 2.75) is 18.0 Å². The summed E-state index contributed by atoms with van der Waals surface area (Å²) in [6, 6.07) is 11.1. The highest BCUT2D eigenvalue weighted by atomic mass is 32.2. The molecule has 0 fully saturated rings. The predicted octanol–water partition coefficient (Wildman–Crippen LogP) is 1.49. The SMILES string of the molecule is NS(=O)(=O)c1cc([N+](=O)[O-])ccc1NCc1ccc(Cn2cncn2)cc1. The second kappa shape index (κ2) is 7.51. The standard InChI is InChI=1S/C16H16N6O4S/c17-27(25,26)16-7-14(22(23)24)5-6-15(16)19-8-12-1-3-13(4-2-12)9-21-11-18-10-20-21/h1-7,10-11,19H,8-9H2,(H2,17,25,26). The molecular formula is C16H16N6O4S. The number of nitro benzene ring substituents is 1. The van der Waals surface area contributed by atoms with Crippen molar-refractivity contribution < 1.29 is 13.3 Å². The minimum atomic E-state index is -4.11. The largest absolute Gasteiger partial charge is 0.380 e. The first-order valence-electron chi connectivity index (χ1n) is 7.78. The van der Waals surface area contributed by atoms with Gasteiger partial charge in [0, 0.05) is 18.7 Å². The summed E-state index contributed by atoms with van der Waals surface area (Å²) in [6.07, 6.45) is 3.09. The van der Waals surface area contributed by atoms with E-state index in [9.17, 15) is 18.5 Å². The van der Waals surface area contributed by atoms with E-state index in [4.69, 9.17) is 5.14 Å². The maximum Gasteiger partial charge on any atom is 0.270 e. The van der Waals surface area contributed by atoms with E-state index in [0.29, 0.717) is 13.1 Å². The van der Waals surface area contributed by atoms with Crippen molar-refractivity contribution in [3.8, 4) is 0 Å². The zero-order valence-corrected chi connectivity index (χ0v) is 14.8. The van der Waals surface area contributed by atoms with Gasteiger partial charge in [-0.3, -0.25) is 10.1 Å². The number of benzene rings is 2. The molecule has 0 aliphatic rings. The lowest BCUT2D eigenvalue weighted by molar-refractivity contribution is -0.385. The summed E-state index contributed by atoms with van der Waals surface area (Å²) < 4.78 is 25.2. The average Bonchev–Trinajstić information content (AvgIpc) is 3.13. The lowest BCUT2D eigenvalue weighted by Gasteiger charge is -2.11. The van der Waals surface area contributed by atoms with E-state index in [1.165, 1.54) is 18.5 Å². The van der Waals surface area contributed by atoms with Gasteiger partial charge in [-0.25, -0.2) is 23.2 Å². The first kappa shape index (κ1) is 18.5. The van der Waals surface area contributed by atoms with Crippen molar-refractivity contribution in [2.24, 2.45) is 5.14 Å². The summed E-state index contributed by atoms with van der Waals surface area (Å²) in [5.74, 6) is 0. The summed E-state index contributed by atoms with van der Waals surface area (Å²) in [5, 5.41) is 23.0. The second-order valence-corrected chi connectivity index (χ2v) is 7.28. The smallest absolute Gasteiger partial charge is 0.270 e. The fraction of sp³-hybridized carbons (Fsp3) is 0.125. The first-order chi connectivity index (χ1) is 12.8. The van der Waals surface area contributed by atoms with Crippen LogP contribution in [0.2, 0.25) is 0 Å². The van der Waals surface area contributed by atoms with Crippen LogP contribution in [0.15, 0.2) is 60.0 Å². The maximum absolute atomic E-state index is 11.7. The summed E-state index contributed by atoms with van der Waals surface area (Å²) >= 11 is 0. The van der Waals surface area contributed by atoms with Crippen LogP contribution >= 0.6 is 0 Å². The monoisotopic (exact) mass is 388 g/mol. The Morgan fingerprint density at radius 2 is 1.85 bits per heavy atom. The van der Waals surface area contributed by atoms with Crippen molar-refractivity contribution in [3.05, 3.63) is 76.4 Å². The van der Waals surface area contributed by atoms with E-state index in [1.807, 2.05) is 24.3 Å². The number of non-ortho nitro benzene ring substituents is 1. The quantitative estimate of drug-likeness (QED) is 0.460. The van der Waals surface area contributed by atoms with E-state index in [0.717, 1.165) is 17.2 Å². The van der Waals surface area contributed by atoms with Crippen LogP contribution < -0.4 is 10.5 Å². The molecule has 0 saturated carbocycles. The van der Waals surface area contributed by atoms with Gasteiger partial charge in [0.05, 0.1) is 17.2 Å². The molecule has 0 spiro atoms. The van der Waals surface area contributed by atoms with Gasteiger partial charge in [-0.05, 0) is 17.2 Å². The molecule has 0 unspecified atom stereocenters. The number of nitrogens with one attached hydrogen (secondary N) is 1. The Morgan fingerprint density at radius 3 is 2.44 bits per heavy atom. The van der Waals surface area contributed by atoms with Gasteiger partial charge in [-0.2, -0.15) is 5.10 Å². The number of aromatic nitrogens is 3. The van der Waals surface area contributed by atoms with E-state index < -0.39 is 14.9 Å². The fourth-order valence-corrected chi connectivity index (χ4v) is 3.20. The van der Waals surface area contributed by atoms with Crippen molar-refractivity contribution in [1.82, 2.24) is 14.8 Å².